The van der Waals surface area contributed by atoms with E-state index in [2.05, 4.69) is 45.2 Å². The van der Waals surface area contributed by atoms with E-state index < -0.39 is 0 Å². The quantitative estimate of drug-likeness (QED) is 0.266. The number of benzene rings is 2. The van der Waals surface area contributed by atoms with Crippen LogP contribution < -0.4 is 11.1 Å². The van der Waals surface area contributed by atoms with Gasteiger partial charge in [0.2, 0.25) is 0 Å². The SMILES string of the molecule is CCNC(c1cc(C(=O)OCCN(CCO)Cc2ccccc2)cc(Br)c1N)C1CCCCC1. The van der Waals surface area contributed by atoms with Crippen molar-refractivity contribution in [1.82, 2.24) is 10.2 Å². The summed E-state index contributed by atoms with van der Waals surface area (Å²) in [5.41, 5.74) is 9.79. The fourth-order valence-electron chi connectivity index (χ4n) is 4.84. The lowest BCUT2D eigenvalue weighted by Crippen LogP contribution is -2.31. The number of nitrogen functional groups attached to an aromatic ring is 1. The average Bonchev–Trinajstić information content (AvgIpc) is 2.85. The first kappa shape index (κ1) is 26.7. The lowest BCUT2D eigenvalue weighted by molar-refractivity contribution is 0.0448. The third-order valence-electron chi connectivity index (χ3n) is 6.58. The number of halogens is 1. The van der Waals surface area contributed by atoms with Crippen LogP contribution in [0.25, 0.3) is 0 Å². The van der Waals surface area contributed by atoms with Gasteiger partial charge >= 0.3 is 5.97 Å². The molecule has 1 saturated carbocycles. The molecule has 0 heterocycles. The summed E-state index contributed by atoms with van der Waals surface area (Å²) >= 11 is 3.56. The number of carbonyl (C=O) groups excluding carboxylic acids is 1. The van der Waals surface area contributed by atoms with Crippen LogP contribution in [-0.2, 0) is 11.3 Å². The monoisotopic (exact) mass is 531 g/mol. The summed E-state index contributed by atoms with van der Waals surface area (Å²) in [5, 5.41) is 13.0. The number of hydrogen-bond donors (Lipinski definition) is 3. The highest BCUT2D eigenvalue weighted by molar-refractivity contribution is 9.10. The molecule has 1 unspecified atom stereocenters. The van der Waals surface area contributed by atoms with Crippen molar-refractivity contribution in [3.05, 3.63) is 63.6 Å². The Morgan fingerprint density at radius 3 is 2.62 bits per heavy atom. The molecular formula is C27H38BrN3O3. The summed E-state index contributed by atoms with van der Waals surface area (Å²) in [7, 11) is 0. The first-order chi connectivity index (χ1) is 16.5. The molecule has 0 spiro atoms. The van der Waals surface area contributed by atoms with Gasteiger partial charge in [0.05, 0.1) is 17.9 Å². The smallest absolute Gasteiger partial charge is 0.338 e. The molecule has 1 aliphatic carbocycles. The zero-order chi connectivity index (χ0) is 24.3. The molecule has 6 nitrogen and oxygen atoms in total. The lowest BCUT2D eigenvalue weighted by Gasteiger charge is -2.32. The van der Waals surface area contributed by atoms with Crippen molar-refractivity contribution in [3.8, 4) is 0 Å². The van der Waals surface area contributed by atoms with Crippen molar-refractivity contribution < 1.29 is 14.6 Å². The number of nitrogens with two attached hydrogens (primary N) is 1. The predicted molar refractivity (Wildman–Crippen MR) is 141 cm³/mol. The first-order valence-electron chi connectivity index (χ1n) is 12.4. The molecule has 3 rings (SSSR count). The zero-order valence-electron chi connectivity index (χ0n) is 20.1. The molecule has 0 bridgehead atoms. The van der Waals surface area contributed by atoms with Crippen molar-refractivity contribution in [2.24, 2.45) is 5.92 Å². The number of aliphatic hydroxyl groups is 1. The fraction of sp³-hybridized carbons (Fsp3) is 0.519. The summed E-state index contributed by atoms with van der Waals surface area (Å²) in [6, 6.07) is 13.9. The minimum absolute atomic E-state index is 0.0576. The van der Waals surface area contributed by atoms with Crippen LogP contribution >= 0.6 is 15.9 Å². The fourth-order valence-corrected chi connectivity index (χ4v) is 5.31. The molecule has 0 aromatic heterocycles. The molecule has 34 heavy (non-hydrogen) atoms. The van der Waals surface area contributed by atoms with Crippen molar-refractivity contribution in [2.75, 3.05) is 38.6 Å². The van der Waals surface area contributed by atoms with Gasteiger partial charge < -0.3 is 20.9 Å². The Labute approximate surface area is 212 Å². The molecule has 1 atom stereocenters. The molecule has 0 amide bonds. The van der Waals surface area contributed by atoms with Crippen molar-refractivity contribution in [2.45, 2.75) is 51.6 Å². The maximum atomic E-state index is 12.9. The summed E-state index contributed by atoms with van der Waals surface area (Å²) in [5.74, 6) is 0.156. The summed E-state index contributed by atoms with van der Waals surface area (Å²) in [6.07, 6.45) is 6.11. The predicted octanol–water partition coefficient (Wildman–Crippen LogP) is 4.91. The van der Waals surface area contributed by atoms with Crippen LogP contribution in [0.2, 0.25) is 0 Å². The van der Waals surface area contributed by atoms with Crippen molar-refractivity contribution in [3.63, 3.8) is 0 Å². The zero-order valence-corrected chi connectivity index (χ0v) is 21.7. The minimum atomic E-state index is -0.357. The Bertz CT molecular complexity index is 903. The Balaban J connectivity index is 1.67. The number of nitrogens with zero attached hydrogens (tertiary/aromatic N) is 1. The Hall–Kier alpha value is -1.93. The molecule has 7 heteroatoms. The van der Waals surface area contributed by atoms with E-state index in [1.807, 2.05) is 24.3 Å². The molecule has 186 valence electrons. The maximum Gasteiger partial charge on any atom is 0.338 e. The van der Waals surface area contributed by atoms with Gasteiger partial charge in [0.1, 0.15) is 6.61 Å². The number of hydrogen-bond acceptors (Lipinski definition) is 6. The lowest BCUT2D eigenvalue weighted by atomic mass is 9.80. The van der Waals surface area contributed by atoms with E-state index in [-0.39, 0.29) is 25.2 Å². The Morgan fingerprint density at radius 1 is 1.21 bits per heavy atom. The number of rotatable bonds is 12. The van der Waals surface area contributed by atoms with Gasteiger partial charge in [-0.2, -0.15) is 0 Å². The molecule has 1 fully saturated rings. The van der Waals surface area contributed by atoms with E-state index in [1.165, 1.54) is 32.1 Å². The average molecular weight is 533 g/mol. The molecule has 2 aromatic rings. The number of carbonyl (C=O) groups is 1. The van der Waals surface area contributed by atoms with Gasteiger partial charge in [-0.25, -0.2) is 4.79 Å². The van der Waals surface area contributed by atoms with Gasteiger partial charge in [-0.1, -0.05) is 56.5 Å². The highest BCUT2D eigenvalue weighted by atomic mass is 79.9. The van der Waals surface area contributed by atoms with Gasteiger partial charge in [0.25, 0.3) is 0 Å². The molecule has 0 saturated heterocycles. The van der Waals surface area contributed by atoms with Gasteiger partial charge in [0, 0.05) is 30.1 Å². The van der Waals surface area contributed by atoms with Crippen LogP contribution in [0.4, 0.5) is 5.69 Å². The number of nitrogens with one attached hydrogen (secondary N) is 1. The number of esters is 1. The molecule has 2 aromatic carbocycles. The molecular weight excluding hydrogens is 494 g/mol. The highest BCUT2D eigenvalue weighted by Crippen LogP contribution is 2.39. The van der Waals surface area contributed by atoms with Crippen LogP contribution in [-0.4, -0.2) is 48.8 Å². The largest absolute Gasteiger partial charge is 0.461 e. The van der Waals surface area contributed by atoms with Gasteiger partial charge in [-0.3, -0.25) is 4.90 Å². The third-order valence-corrected chi connectivity index (χ3v) is 7.24. The van der Waals surface area contributed by atoms with Crippen molar-refractivity contribution in [1.29, 1.82) is 0 Å². The standard InChI is InChI=1S/C27H38BrN3O3/c1-2-30-26(21-11-7-4-8-12-21)23-17-22(18-24(28)25(23)29)27(33)34-16-14-31(13-15-32)19-20-9-5-3-6-10-20/h3,5-6,9-10,17-18,21,26,30,32H,2,4,7-8,11-16,19,29H2,1H3. The topological polar surface area (TPSA) is 87.8 Å². The van der Waals surface area contributed by atoms with Crippen LogP contribution in [0, 0.1) is 5.92 Å². The molecule has 0 radical (unpaired) electrons. The highest BCUT2D eigenvalue weighted by Gasteiger charge is 2.27. The second-order valence-corrected chi connectivity index (χ2v) is 9.87. The third kappa shape index (κ3) is 7.54. The van der Waals surface area contributed by atoms with E-state index in [0.717, 1.165) is 22.1 Å². The van der Waals surface area contributed by atoms with Crippen LogP contribution in [0.3, 0.4) is 0 Å². The maximum absolute atomic E-state index is 12.9. The van der Waals surface area contributed by atoms with Gasteiger partial charge in [0.15, 0.2) is 0 Å². The normalized spacial score (nSPS) is 15.4. The summed E-state index contributed by atoms with van der Waals surface area (Å²) in [6.45, 7) is 5.02. The molecule has 4 N–H and O–H groups in total. The molecule has 0 aliphatic heterocycles. The number of aliphatic hydroxyl groups excluding tert-OH is 1. The first-order valence-corrected chi connectivity index (χ1v) is 13.2. The van der Waals surface area contributed by atoms with Gasteiger partial charge in [-0.15, -0.1) is 0 Å². The van der Waals surface area contributed by atoms with E-state index in [0.29, 0.717) is 36.8 Å². The summed E-state index contributed by atoms with van der Waals surface area (Å²) < 4.78 is 6.36. The van der Waals surface area contributed by atoms with E-state index in [9.17, 15) is 9.90 Å². The van der Waals surface area contributed by atoms with E-state index in [4.69, 9.17) is 10.5 Å². The number of ether oxygens (including phenoxy) is 1. The van der Waals surface area contributed by atoms with Crippen LogP contribution in [0.15, 0.2) is 46.9 Å². The Morgan fingerprint density at radius 2 is 1.94 bits per heavy atom. The van der Waals surface area contributed by atoms with Crippen molar-refractivity contribution >= 4 is 27.6 Å². The van der Waals surface area contributed by atoms with E-state index in [1.54, 1.807) is 6.07 Å². The second-order valence-electron chi connectivity index (χ2n) is 9.02. The minimum Gasteiger partial charge on any atom is -0.461 e. The molecule has 1 aliphatic rings. The van der Waals surface area contributed by atoms with Crippen LogP contribution in [0.1, 0.15) is 66.6 Å². The summed E-state index contributed by atoms with van der Waals surface area (Å²) in [4.78, 5) is 15.0. The number of anilines is 1. The Kier molecular flexibility index (Phi) is 10.8. The second kappa shape index (κ2) is 13.8. The van der Waals surface area contributed by atoms with Crippen LogP contribution in [0.5, 0.6) is 0 Å². The van der Waals surface area contributed by atoms with E-state index >= 15 is 0 Å². The van der Waals surface area contributed by atoms with Gasteiger partial charge in [-0.05, 0) is 64.5 Å².